The Balaban J connectivity index is 0.00000256. The van der Waals surface area contributed by atoms with E-state index in [0.29, 0.717) is 11.3 Å². The van der Waals surface area contributed by atoms with Crippen LogP contribution >= 0.6 is 12.4 Å². The van der Waals surface area contributed by atoms with E-state index in [-0.39, 0.29) is 30.0 Å². The Labute approximate surface area is 107 Å². The largest absolute Gasteiger partial charge is 0.324 e. The highest BCUT2D eigenvalue weighted by Crippen LogP contribution is 2.16. The molecule has 5 heteroatoms. The summed E-state index contributed by atoms with van der Waals surface area (Å²) in [4.78, 5) is 11.7. The Kier molecular flexibility index (Phi) is 6.13. The summed E-state index contributed by atoms with van der Waals surface area (Å²) in [6, 6.07) is 3.67. The van der Waals surface area contributed by atoms with E-state index in [1.54, 1.807) is 6.92 Å². The molecule has 0 bridgehead atoms. The third kappa shape index (κ3) is 4.32. The molecule has 3 N–H and O–H groups in total. The third-order valence-corrected chi connectivity index (χ3v) is 2.47. The second kappa shape index (κ2) is 6.57. The minimum atomic E-state index is -0.551. The molecule has 0 spiro atoms. The standard InChI is InChI=1S/C12H17FN2O.ClH/c1-7(2)11(14)12(16)15-10-5-4-9(13)6-8(10)3;/h4-7,11H,14H2,1-3H3,(H,15,16);1H. The van der Waals surface area contributed by atoms with Crippen LogP contribution < -0.4 is 11.1 Å². The average molecular weight is 261 g/mol. The lowest BCUT2D eigenvalue weighted by Crippen LogP contribution is -2.39. The number of halogens is 2. The lowest BCUT2D eigenvalue weighted by Gasteiger charge is -2.16. The summed E-state index contributed by atoms with van der Waals surface area (Å²) in [5.74, 6) is -0.492. The fraction of sp³-hybridized carbons (Fsp3) is 0.417. The molecule has 0 aromatic heterocycles. The maximum Gasteiger partial charge on any atom is 0.241 e. The van der Waals surface area contributed by atoms with Gasteiger partial charge in [-0.25, -0.2) is 4.39 Å². The number of carbonyl (C=O) groups excluding carboxylic acids is 1. The van der Waals surface area contributed by atoms with Crippen LogP contribution in [0, 0.1) is 18.7 Å². The van der Waals surface area contributed by atoms with Gasteiger partial charge in [0.25, 0.3) is 0 Å². The molecular weight excluding hydrogens is 243 g/mol. The van der Waals surface area contributed by atoms with Gasteiger partial charge in [-0.05, 0) is 36.6 Å². The van der Waals surface area contributed by atoms with Gasteiger partial charge in [0.2, 0.25) is 5.91 Å². The fourth-order valence-corrected chi connectivity index (χ4v) is 1.29. The maximum absolute atomic E-state index is 12.8. The number of hydrogen-bond acceptors (Lipinski definition) is 2. The van der Waals surface area contributed by atoms with Crippen LogP contribution in [-0.4, -0.2) is 11.9 Å². The zero-order chi connectivity index (χ0) is 12.3. The second-order valence-electron chi connectivity index (χ2n) is 4.22. The van der Waals surface area contributed by atoms with Gasteiger partial charge < -0.3 is 11.1 Å². The minimum absolute atomic E-state index is 0. The quantitative estimate of drug-likeness (QED) is 0.877. The molecule has 1 aromatic rings. The van der Waals surface area contributed by atoms with E-state index < -0.39 is 6.04 Å². The summed E-state index contributed by atoms with van der Waals surface area (Å²) in [6.45, 7) is 5.49. The SMILES string of the molecule is Cc1cc(F)ccc1NC(=O)C(N)C(C)C.Cl. The third-order valence-electron chi connectivity index (χ3n) is 2.47. The van der Waals surface area contributed by atoms with E-state index in [1.165, 1.54) is 18.2 Å². The van der Waals surface area contributed by atoms with Crippen LogP contribution in [0.15, 0.2) is 18.2 Å². The maximum atomic E-state index is 12.8. The first-order chi connectivity index (χ1) is 7.41. The monoisotopic (exact) mass is 260 g/mol. The highest BCUT2D eigenvalue weighted by molar-refractivity contribution is 5.95. The fourth-order valence-electron chi connectivity index (χ4n) is 1.29. The second-order valence-corrected chi connectivity index (χ2v) is 4.22. The van der Waals surface area contributed by atoms with E-state index in [2.05, 4.69) is 5.32 Å². The number of anilines is 1. The van der Waals surface area contributed by atoms with Crippen molar-refractivity contribution in [3.05, 3.63) is 29.6 Å². The molecule has 1 rings (SSSR count). The van der Waals surface area contributed by atoms with Crippen molar-refractivity contribution in [2.45, 2.75) is 26.8 Å². The van der Waals surface area contributed by atoms with E-state index in [1.807, 2.05) is 13.8 Å². The first-order valence-electron chi connectivity index (χ1n) is 5.24. The summed E-state index contributed by atoms with van der Waals surface area (Å²) < 4.78 is 12.8. The van der Waals surface area contributed by atoms with Gasteiger partial charge >= 0.3 is 0 Å². The van der Waals surface area contributed by atoms with Gasteiger partial charge in [-0.3, -0.25) is 4.79 Å². The van der Waals surface area contributed by atoms with Gasteiger partial charge in [0.1, 0.15) is 5.82 Å². The molecular formula is C12H18ClFN2O. The molecule has 1 atom stereocenters. The summed E-state index contributed by atoms with van der Waals surface area (Å²) in [5.41, 5.74) is 6.99. The van der Waals surface area contributed by atoms with Gasteiger partial charge in [-0.1, -0.05) is 13.8 Å². The van der Waals surface area contributed by atoms with Crippen LogP contribution in [0.3, 0.4) is 0 Å². The topological polar surface area (TPSA) is 55.1 Å². The van der Waals surface area contributed by atoms with Crippen LogP contribution in [0.5, 0.6) is 0 Å². The first kappa shape index (κ1) is 15.9. The smallest absolute Gasteiger partial charge is 0.241 e. The highest BCUT2D eigenvalue weighted by Gasteiger charge is 2.17. The Morgan fingerprint density at radius 1 is 1.41 bits per heavy atom. The first-order valence-corrected chi connectivity index (χ1v) is 5.24. The van der Waals surface area contributed by atoms with Gasteiger partial charge in [0.15, 0.2) is 0 Å². The predicted octanol–water partition coefficient (Wildman–Crippen LogP) is 2.48. The lowest BCUT2D eigenvalue weighted by molar-refractivity contribution is -0.118. The number of amides is 1. The molecule has 0 radical (unpaired) electrons. The van der Waals surface area contributed by atoms with Crippen LogP contribution in [0.4, 0.5) is 10.1 Å². The molecule has 0 aliphatic rings. The molecule has 0 saturated heterocycles. The van der Waals surface area contributed by atoms with Gasteiger partial charge in [-0.2, -0.15) is 0 Å². The summed E-state index contributed by atoms with van der Waals surface area (Å²) in [7, 11) is 0. The van der Waals surface area contributed by atoms with Crippen molar-refractivity contribution >= 4 is 24.0 Å². The minimum Gasteiger partial charge on any atom is -0.324 e. The molecule has 1 amide bonds. The van der Waals surface area contributed by atoms with E-state index in [9.17, 15) is 9.18 Å². The molecule has 96 valence electrons. The van der Waals surface area contributed by atoms with Gasteiger partial charge in [0, 0.05) is 5.69 Å². The zero-order valence-electron chi connectivity index (χ0n) is 10.2. The van der Waals surface area contributed by atoms with Crippen molar-refractivity contribution in [1.29, 1.82) is 0 Å². The van der Waals surface area contributed by atoms with Gasteiger partial charge in [0.05, 0.1) is 6.04 Å². The molecule has 17 heavy (non-hydrogen) atoms. The number of carbonyl (C=O) groups is 1. The normalized spacial score (nSPS) is 11.9. The van der Waals surface area contributed by atoms with Crippen LogP contribution in [0.2, 0.25) is 0 Å². The summed E-state index contributed by atoms with van der Waals surface area (Å²) in [5, 5.41) is 2.69. The number of nitrogens with two attached hydrogens (primary N) is 1. The number of rotatable bonds is 3. The number of nitrogens with one attached hydrogen (secondary N) is 1. The van der Waals surface area contributed by atoms with Crippen LogP contribution in [0.25, 0.3) is 0 Å². The number of benzene rings is 1. The van der Waals surface area contributed by atoms with E-state index in [0.717, 1.165) is 0 Å². The van der Waals surface area contributed by atoms with Crippen molar-refractivity contribution in [2.75, 3.05) is 5.32 Å². The van der Waals surface area contributed by atoms with Gasteiger partial charge in [-0.15, -0.1) is 12.4 Å². The Morgan fingerprint density at radius 2 is 2.00 bits per heavy atom. The van der Waals surface area contributed by atoms with Crippen molar-refractivity contribution in [3.63, 3.8) is 0 Å². The zero-order valence-corrected chi connectivity index (χ0v) is 11.0. The molecule has 0 aliphatic heterocycles. The average Bonchev–Trinajstić information content (AvgIpc) is 2.20. The predicted molar refractivity (Wildman–Crippen MR) is 69.8 cm³/mol. The molecule has 0 heterocycles. The lowest BCUT2D eigenvalue weighted by atomic mass is 10.0. The molecule has 1 unspecified atom stereocenters. The Morgan fingerprint density at radius 3 is 2.47 bits per heavy atom. The van der Waals surface area contributed by atoms with Crippen molar-refractivity contribution < 1.29 is 9.18 Å². The van der Waals surface area contributed by atoms with E-state index in [4.69, 9.17) is 5.73 Å². The molecule has 0 fully saturated rings. The number of hydrogen-bond donors (Lipinski definition) is 2. The molecule has 1 aromatic carbocycles. The summed E-state index contributed by atoms with van der Waals surface area (Å²) >= 11 is 0. The molecule has 0 aliphatic carbocycles. The molecule has 0 saturated carbocycles. The van der Waals surface area contributed by atoms with E-state index >= 15 is 0 Å². The van der Waals surface area contributed by atoms with Crippen LogP contribution in [0.1, 0.15) is 19.4 Å². The highest BCUT2D eigenvalue weighted by atomic mass is 35.5. The van der Waals surface area contributed by atoms with Crippen LogP contribution in [-0.2, 0) is 4.79 Å². The Bertz CT molecular complexity index is 396. The summed E-state index contributed by atoms with van der Waals surface area (Å²) in [6.07, 6.45) is 0. The van der Waals surface area contributed by atoms with Crippen molar-refractivity contribution in [2.24, 2.45) is 11.7 Å². The molecule has 3 nitrogen and oxygen atoms in total. The number of aryl methyl sites for hydroxylation is 1. The van der Waals surface area contributed by atoms with Crippen molar-refractivity contribution in [3.8, 4) is 0 Å². The van der Waals surface area contributed by atoms with Crippen molar-refractivity contribution in [1.82, 2.24) is 0 Å². The Hall–Kier alpha value is -1.13.